The third kappa shape index (κ3) is 4.73. The van der Waals surface area contributed by atoms with Crippen molar-refractivity contribution in [2.45, 2.75) is 24.8 Å². The van der Waals surface area contributed by atoms with Crippen LogP contribution in [0, 0.1) is 0 Å². The molecule has 0 spiro atoms. The van der Waals surface area contributed by atoms with Crippen molar-refractivity contribution in [3.8, 4) is 0 Å². The number of piperidine rings is 1. The highest BCUT2D eigenvalue weighted by molar-refractivity contribution is 6.00. The number of carbonyl (C=O) groups excluding carboxylic acids is 1. The van der Waals surface area contributed by atoms with Gasteiger partial charge in [0, 0.05) is 38.2 Å². The SMILES string of the molecule is C=CC(=O)Nc1ccc2c(c1)nc(N1CC[C@@H](F)[C@@H](Nc3ncc(C(F)(F)F)cn3)C1)n2C. The first-order valence-corrected chi connectivity index (χ1v) is 10.1. The van der Waals surface area contributed by atoms with Gasteiger partial charge in [0.05, 0.1) is 22.6 Å². The summed E-state index contributed by atoms with van der Waals surface area (Å²) >= 11 is 0. The lowest BCUT2D eigenvalue weighted by Gasteiger charge is -2.36. The van der Waals surface area contributed by atoms with Crippen LogP contribution in [0.15, 0.2) is 43.2 Å². The second-order valence-electron chi connectivity index (χ2n) is 7.66. The molecular formula is C21H21F4N7O. The molecule has 0 unspecified atom stereocenters. The second kappa shape index (κ2) is 8.68. The molecule has 2 N–H and O–H groups in total. The van der Waals surface area contributed by atoms with Crippen LogP contribution in [0.4, 0.5) is 35.1 Å². The number of anilines is 3. The standard InChI is InChI=1S/C21H21F4N7O/c1-3-18(33)28-13-4-5-17-15(8-13)30-20(31(17)2)32-7-6-14(22)16(11-32)29-19-26-9-12(10-27-19)21(23,24)25/h3-5,8-10,14,16H,1,6-7,11H2,2H3,(H,28,33)(H,26,27,29)/t14-,16+/m1/s1. The van der Waals surface area contributed by atoms with Gasteiger partial charge in [0.25, 0.3) is 0 Å². The molecule has 0 saturated carbocycles. The summed E-state index contributed by atoms with van der Waals surface area (Å²) in [6.07, 6.45) is -3.08. The van der Waals surface area contributed by atoms with Crippen LogP contribution < -0.4 is 15.5 Å². The number of amides is 1. The van der Waals surface area contributed by atoms with Crippen molar-refractivity contribution in [3.05, 3.63) is 48.8 Å². The van der Waals surface area contributed by atoms with E-state index in [0.29, 0.717) is 36.1 Å². The number of hydrogen-bond acceptors (Lipinski definition) is 6. The van der Waals surface area contributed by atoms with Gasteiger partial charge in [0.1, 0.15) is 6.17 Å². The van der Waals surface area contributed by atoms with Gasteiger partial charge >= 0.3 is 6.18 Å². The second-order valence-corrected chi connectivity index (χ2v) is 7.66. The number of aryl methyl sites for hydroxylation is 1. The molecule has 2 aromatic heterocycles. The Morgan fingerprint density at radius 3 is 2.67 bits per heavy atom. The van der Waals surface area contributed by atoms with Gasteiger partial charge in [-0.05, 0) is 30.7 Å². The van der Waals surface area contributed by atoms with Gasteiger partial charge in [-0.15, -0.1) is 0 Å². The predicted molar refractivity (Wildman–Crippen MR) is 116 cm³/mol. The molecule has 1 fully saturated rings. The fourth-order valence-electron chi connectivity index (χ4n) is 3.70. The Hall–Kier alpha value is -3.70. The minimum absolute atomic E-state index is 0.0786. The van der Waals surface area contributed by atoms with E-state index in [9.17, 15) is 22.4 Å². The number of rotatable bonds is 5. The molecule has 1 aliphatic rings. The van der Waals surface area contributed by atoms with Crippen LogP contribution in [0.3, 0.4) is 0 Å². The first kappa shape index (κ1) is 22.5. The normalized spacial score (nSPS) is 18.9. The van der Waals surface area contributed by atoms with Crippen LogP contribution in [0.5, 0.6) is 0 Å². The van der Waals surface area contributed by atoms with Crippen LogP contribution >= 0.6 is 0 Å². The van der Waals surface area contributed by atoms with E-state index in [1.807, 2.05) is 22.6 Å². The van der Waals surface area contributed by atoms with E-state index < -0.39 is 24.0 Å². The number of alkyl halides is 4. The van der Waals surface area contributed by atoms with Crippen LogP contribution in [-0.4, -0.2) is 50.7 Å². The van der Waals surface area contributed by atoms with Crippen LogP contribution in [0.1, 0.15) is 12.0 Å². The number of fused-ring (bicyclic) bond motifs is 1. The van der Waals surface area contributed by atoms with E-state index in [1.54, 1.807) is 12.1 Å². The van der Waals surface area contributed by atoms with E-state index >= 15 is 0 Å². The third-order valence-corrected chi connectivity index (χ3v) is 5.42. The Morgan fingerprint density at radius 2 is 2.00 bits per heavy atom. The van der Waals surface area contributed by atoms with Crippen molar-refractivity contribution in [3.63, 3.8) is 0 Å². The molecule has 1 saturated heterocycles. The van der Waals surface area contributed by atoms with E-state index in [2.05, 4.69) is 32.2 Å². The van der Waals surface area contributed by atoms with Gasteiger partial charge in [0.2, 0.25) is 17.8 Å². The largest absolute Gasteiger partial charge is 0.419 e. The number of aromatic nitrogens is 4. The highest BCUT2D eigenvalue weighted by Gasteiger charge is 2.33. The minimum Gasteiger partial charge on any atom is -0.347 e. The zero-order chi connectivity index (χ0) is 23.8. The highest BCUT2D eigenvalue weighted by Crippen LogP contribution is 2.29. The number of halogens is 4. The van der Waals surface area contributed by atoms with Gasteiger partial charge in [-0.1, -0.05) is 6.58 Å². The first-order valence-electron chi connectivity index (χ1n) is 10.1. The summed E-state index contributed by atoms with van der Waals surface area (Å²) < 4.78 is 54.6. The fraction of sp³-hybridized carbons (Fsp3) is 0.333. The first-order chi connectivity index (χ1) is 15.7. The molecular weight excluding hydrogens is 442 g/mol. The molecule has 174 valence electrons. The molecule has 1 aromatic carbocycles. The van der Waals surface area contributed by atoms with E-state index in [0.717, 1.165) is 5.52 Å². The van der Waals surface area contributed by atoms with Gasteiger partial charge in [0.15, 0.2) is 0 Å². The number of imidazole rings is 1. The Kier molecular flexibility index (Phi) is 5.91. The zero-order valence-corrected chi connectivity index (χ0v) is 17.6. The van der Waals surface area contributed by atoms with Gasteiger partial charge < -0.3 is 20.1 Å². The topological polar surface area (TPSA) is 88.0 Å². The summed E-state index contributed by atoms with van der Waals surface area (Å²) in [5.41, 5.74) is 1.06. The lowest BCUT2D eigenvalue weighted by Crippen LogP contribution is -2.49. The summed E-state index contributed by atoms with van der Waals surface area (Å²) in [5.74, 6) is 0.185. The van der Waals surface area contributed by atoms with Crippen molar-refractivity contribution >= 4 is 34.5 Å². The molecule has 4 rings (SSSR count). The number of nitrogens with one attached hydrogen (secondary N) is 2. The van der Waals surface area contributed by atoms with Crippen LogP contribution in [0.2, 0.25) is 0 Å². The molecule has 0 radical (unpaired) electrons. The lowest BCUT2D eigenvalue weighted by molar-refractivity contribution is -0.138. The quantitative estimate of drug-likeness (QED) is 0.445. The summed E-state index contributed by atoms with van der Waals surface area (Å²) in [6.45, 7) is 4.04. The molecule has 3 heterocycles. The maximum atomic E-state index is 14.6. The van der Waals surface area contributed by atoms with E-state index in [-0.39, 0.29) is 24.8 Å². The lowest BCUT2D eigenvalue weighted by atomic mass is 10.0. The van der Waals surface area contributed by atoms with Crippen molar-refractivity contribution in [2.75, 3.05) is 28.6 Å². The number of benzene rings is 1. The van der Waals surface area contributed by atoms with Crippen molar-refractivity contribution in [2.24, 2.45) is 7.05 Å². The maximum Gasteiger partial charge on any atom is 0.419 e. The Labute approximate surface area is 186 Å². The summed E-state index contributed by atoms with van der Waals surface area (Å²) in [6, 6.07) is 4.55. The van der Waals surface area contributed by atoms with Crippen LogP contribution in [0.25, 0.3) is 11.0 Å². The average molecular weight is 463 g/mol. The predicted octanol–water partition coefficient (Wildman–Crippen LogP) is 3.54. The van der Waals surface area contributed by atoms with Crippen LogP contribution in [-0.2, 0) is 18.0 Å². The Balaban J connectivity index is 1.53. The number of carbonyl (C=O) groups is 1. The summed E-state index contributed by atoms with van der Waals surface area (Å²) in [5, 5.41) is 5.48. The van der Waals surface area contributed by atoms with Gasteiger partial charge in [-0.25, -0.2) is 19.3 Å². The average Bonchev–Trinajstić information content (AvgIpc) is 3.10. The highest BCUT2D eigenvalue weighted by atomic mass is 19.4. The molecule has 8 nitrogen and oxygen atoms in total. The van der Waals surface area contributed by atoms with Gasteiger partial charge in [-0.2, -0.15) is 13.2 Å². The number of hydrogen-bond donors (Lipinski definition) is 2. The van der Waals surface area contributed by atoms with E-state index in [4.69, 9.17) is 0 Å². The smallest absolute Gasteiger partial charge is 0.347 e. The molecule has 1 amide bonds. The summed E-state index contributed by atoms with van der Waals surface area (Å²) in [4.78, 5) is 25.4. The Morgan fingerprint density at radius 1 is 1.27 bits per heavy atom. The zero-order valence-electron chi connectivity index (χ0n) is 17.6. The number of nitrogens with zero attached hydrogens (tertiary/aromatic N) is 5. The maximum absolute atomic E-state index is 14.6. The fourth-order valence-corrected chi connectivity index (χ4v) is 3.70. The third-order valence-electron chi connectivity index (χ3n) is 5.42. The molecule has 2 atom stereocenters. The molecule has 1 aliphatic heterocycles. The van der Waals surface area contributed by atoms with Gasteiger partial charge in [-0.3, -0.25) is 4.79 Å². The van der Waals surface area contributed by atoms with Crippen molar-refractivity contribution in [1.29, 1.82) is 0 Å². The van der Waals surface area contributed by atoms with Crippen molar-refractivity contribution < 1.29 is 22.4 Å². The summed E-state index contributed by atoms with van der Waals surface area (Å²) in [7, 11) is 1.83. The molecule has 0 bridgehead atoms. The molecule has 12 heteroatoms. The molecule has 33 heavy (non-hydrogen) atoms. The monoisotopic (exact) mass is 463 g/mol. The van der Waals surface area contributed by atoms with Crippen molar-refractivity contribution in [1.82, 2.24) is 19.5 Å². The molecule has 3 aromatic rings. The van der Waals surface area contributed by atoms with E-state index in [1.165, 1.54) is 6.08 Å². The minimum atomic E-state index is -4.54. The Bertz CT molecular complexity index is 1180. The molecule has 0 aliphatic carbocycles.